The average Bonchev–Trinajstić information content (AvgIpc) is 3.19. The number of anilines is 2. The van der Waals surface area contributed by atoms with Crippen LogP contribution in [0.5, 0.6) is 0 Å². The Morgan fingerprint density at radius 1 is 1.05 bits per heavy atom. The predicted molar refractivity (Wildman–Crippen MR) is 84.0 cm³/mol. The van der Waals surface area contributed by atoms with Crippen LogP contribution in [0.4, 0.5) is 11.5 Å². The smallest absolute Gasteiger partial charge is 0.157 e. The van der Waals surface area contributed by atoms with Gasteiger partial charge in [0.2, 0.25) is 0 Å². The van der Waals surface area contributed by atoms with Gasteiger partial charge >= 0.3 is 0 Å². The summed E-state index contributed by atoms with van der Waals surface area (Å²) in [6, 6.07) is 7.74. The molecule has 8 heteroatoms. The Kier molecular flexibility index (Phi) is 2.97. The third-order valence-corrected chi connectivity index (χ3v) is 3.57. The number of halogens is 1. The van der Waals surface area contributed by atoms with Gasteiger partial charge in [-0.3, -0.25) is 5.10 Å². The van der Waals surface area contributed by atoms with Gasteiger partial charge in [-0.25, -0.2) is 15.0 Å². The minimum Gasteiger partial charge on any atom is -0.344 e. The molecule has 4 rings (SSSR count). The number of fused-ring (bicyclic) bond motifs is 1. The SMILES string of the molecule is Clc1c[nH]c2ncnc(Nc3ccccc3-c3ncn[nH]3)c12. The lowest BCUT2D eigenvalue weighted by Crippen LogP contribution is -1.98. The highest BCUT2D eigenvalue weighted by Gasteiger charge is 2.12. The molecular weight excluding hydrogens is 302 g/mol. The van der Waals surface area contributed by atoms with E-state index in [9.17, 15) is 0 Å². The number of aromatic nitrogens is 6. The van der Waals surface area contributed by atoms with Gasteiger partial charge in [-0.1, -0.05) is 23.7 Å². The zero-order chi connectivity index (χ0) is 14.9. The molecule has 0 amide bonds. The lowest BCUT2D eigenvalue weighted by molar-refractivity contribution is 1.09. The lowest BCUT2D eigenvalue weighted by atomic mass is 10.1. The van der Waals surface area contributed by atoms with Gasteiger partial charge in [0.15, 0.2) is 5.82 Å². The number of nitrogens with one attached hydrogen (secondary N) is 3. The van der Waals surface area contributed by atoms with Crippen LogP contribution in [0.15, 0.2) is 43.1 Å². The van der Waals surface area contributed by atoms with Gasteiger partial charge in [0, 0.05) is 11.8 Å². The maximum absolute atomic E-state index is 6.20. The average molecular weight is 312 g/mol. The molecule has 0 aliphatic carbocycles. The maximum atomic E-state index is 6.20. The fourth-order valence-electron chi connectivity index (χ4n) is 2.28. The van der Waals surface area contributed by atoms with E-state index >= 15 is 0 Å². The Bertz CT molecular complexity index is 929. The van der Waals surface area contributed by atoms with Crippen LogP contribution in [0.3, 0.4) is 0 Å². The Balaban J connectivity index is 1.82. The number of hydrogen-bond donors (Lipinski definition) is 3. The highest BCUT2D eigenvalue weighted by molar-refractivity contribution is 6.36. The van der Waals surface area contributed by atoms with Gasteiger partial charge in [-0.2, -0.15) is 5.10 Å². The molecule has 1 aromatic carbocycles. The van der Waals surface area contributed by atoms with Crippen LogP contribution in [0.25, 0.3) is 22.4 Å². The first-order valence-electron chi connectivity index (χ1n) is 6.52. The topological polar surface area (TPSA) is 95.2 Å². The van der Waals surface area contributed by atoms with Crippen molar-refractivity contribution in [3.8, 4) is 11.4 Å². The van der Waals surface area contributed by atoms with Crippen molar-refractivity contribution in [3.63, 3.8) is 0 Å². The monoisotopic (exact) mass is 311 g/mol. The Morgan fingerprint density at radius 2 is 1.95 bits per heavy atom. The highest BCUT2D eigenvalue weighted by atomic mass is 35.5. The van der Waals surface area contributed by atoms with E-state index in [0.29, 0.717) is 22.3 Å². The number of hydrogen-bond acceptors (Lipinski definition) is 5. The second-order valence-electron chi connectivity index (χ2n) is 4.59. The molecule has 0 aliphatic rings. The molecule has 3 aromatic heterocycles. The maximum Gasteiger partial charge on any atom is 0.157 e. The van der Waals surface area contributed by atoms with Gasteiger partial charge in [0.1, 0.15) is 24.1 Å². The minimum atomic E-state index is 0.565. The predicted octanol–water partition coefficient (Wildman–Crippen LogP) is 3.14. The Labute approximate surface area is 129 Å². The van der Waals surface area contributed by atoms with Crippen molar-refractivity contribution < 1.29 is 0 Å². The molecule has 22 heavy (non-hydrogen) atoms. The Morgan fingerprint density at radius 3 is 2.82 bits per heavy atom. The molecule has 0 saturated carbocycles. The van der Waals surface area contributed by atoms with E-state index < -0.39 is 0 Å². The van der Waals surface area contributed by atoms with Crippen molar-refractivity contribution in [2.45, 2.75) is 0 Å². The first kappa shape index (κ1) is 12.8. The van der Waals surface area contributed by atoms with E-state index in [2.05, 4.69) is 35.5 Å². The molecule has 7 nitrogen and oxygen atoms in total. The zero-order valence-corrected chi connectivity index (χ0v) is 12.0. The van der Waals surface area contributed by atoms with E-state index in [1.807, 2.05) is 24.3 Å². The largest absolute Gasteiger partial charge is 0.344 e. The molecule has 0 atom stereocenters. The van der Waals surface area contributed by atoms with Crippen LogP contribution in [-0.4, -0.2) is 30.1 Å². The quantitative estimate of drug-likeness (QED) is 0.540. The van der Waals surface area contributed by atoms with Gasteiger partial charge in [0.05, 0.1) is 16.1 Å². The normalized spacial score (nSPS) is 11.0. The van der Waals surface area contributed by atoms with E-state index in [1.54, 1.807) is 6.20 Å². The molecule has 3 N–H and O–H groups in total. The van der Waals surface area contributed by atoms with Crippen LogP contribution in [0.1, 0.15) is 0 Å². The second-order valence-corrected chi connectivity index (χ2v) is 4.99. The van der Waals surface area contributed by atoms with Gasteiger partial charge in [0.25, 0.3) is 0 Å². The molecule has 0 fully saturated rings. The summed E-state index contributed by atoms with van der Waals surface area (Å²) in [6.07, 6.45) is 4.64. The van der Waals surface area contributed by atoms with E-state index in [1.165, 1.54) is 12.7 Å². The van der Waals surface area contributed by atoms with Crippen molar-refractivity contribution >= 4 is 34.1 Å². The molecule has 0 saturated heterocycles. The number of para-hydroxylation sites is 1. The fourth-order valence-corrected chi connectivity index (χ4v) is 2.51. The molecular formula is C14H10ClN7. The summed E-state index contributed by atoms with van der Waals surface area (Å²) in [6.45, 7) is 0. The van der Waals surface area contributed by atoms with E-state index in [0.717, 1.165) is 16.6 Å². The summed E-state index contributed by atoms with van der Waals surface area (Å²) < 4.78 is 0. The van der Waals surface area contributed by atoms with Crippen LogP contribution in [0.2, 0.25) is 5.02 Å². The highest BCUT2D eigenvalue weighted by Crippen LogP contribution is 2.32. The summed E-state index contributed by atoms with van der Waals surface area (Å²) in [5.74, 6) is 1.30. The van der Waals surface area contributed by atoms with Crippen LogP contribution < -0.4 is 5.32 Å². The summed E-state index contributed by atoms with van der Waals surface area (Å²) in [5, 5.41) is 11.3. The molecule has 4 aromatic rings. The van der Waals surface area contributed by atoms with Crippen LogP contribution in [0, 0.1) is 0 Å². The summed E-state index contributed by atoms with van der Waals surface area (Å²) in [4.78, 5) is 15.6. The summed E-state index contributed by atoms with van der Waals surface area (Å²) in [5.41, 5.74) is 2.41. The van der Waals surface area contributed by atoms with Crippen LogP contribution >= 0.6 is 11.6 Å². The van der Waals surface area contributed by atoms with Crippen molar-refractivity contribution in [3.05, 3.63) is 48.1 Å². The zero-order valence-electron chi connectivity index (χ0n) is 11.2. The summed E-state index contributed by atoms with van der Waals surface area (Å²) in [7, 11) is 0. The third kappa shape index (κ3) is 2.08. The number of nitrogens with zero attached hydrogens (tertiary/aromatic N) is 4. The molecule has 0 unspecified atom stereocenters. The number of rotatable bonds is 3. The molecule has 3 heterocycles. The Hall–Kier alpha value is -2.93. The first-order valence-corrected chi connectivity index (χ1v) is 6.90. The van der Waals surface area contributed by atoms with Crippen molar-refractivity contribution in [2.24, 2.45) is 0 Å². The number of aromatic amines is 2. The number of H-pyrrole nitrogens is 2. The van der Waals surface area contributed by atoms with Gasteiger partial charge < -0.3 is 10.3 Å². The molecule has 0 spiro atoms. The van der Waals surface area contributed by atoms with Crippen molar-refractivity contribution in [1.29, 1.82) is 0 Å². The lowest BCUT2D eigenvalue weighted by Gasteiger charge is -2.10. The van der Waals surface area contributed by atoms with Gasteiger partial charge in [-0.15, -0.1) is 0 Å². The van der Waals surface area contributed by atoms with Crippen molar-refractivity contribution in [1.82, 2.24) is 30.1 Å². The molecule has 108 valence electrons. The van der Waals surface area contributed by atoms with E-state index in [4.69, 9.17) is 11.6 Å². The molecule has 0 radical (unpaired) electrons. The second kappa shape index (κ2) is 5.12. The van der Waals surface area contributed by atoms with Crippen LogP contribution in [-0.2, 0) is 0 Å². The standard InChI is InChI=1S/C14H10ClN7/c15-9-5-16-13-11(9)14(18-6-17-13)21-10-4-2-1-3-8(10)12-19-7-20-22-12/h1-7H,(H,19,20,22)(H2,16,17,18,21). The van der Waals surface area contributed by atoms with Gasteiger partial charge in [-0.05, 0) is 12.1 Å². The summed E-state index contributed by atoms with van der Waals surface area (Å²) >= 11 is 6.20. The molecule has 0 aliphatic heterocycles. The fraction of sp³-hybridized carbons (Fsp3) is 0. The third-order valence-electron chi connectivity index (χ3n) is 3.27. The minimum absolute atomic E-state index is 0.565. The van der Waals surface area contributed by atoms with E-state index in [-0.39, 0.29) is 0 Å². The number of benzene rings is 1. The first-order chi connectivity index (χ1) is 10.8. The molecule has 0 bridgehead atoms. The van der Waals surface area contributed by atoms with Crippen molar-refractivity contribution in [2.75, 3.05) is 5.32 Å².